The van der Waals surface area contributed by atoms with Crippen molar-refractivity contribution >= 4 is 67.3 Å². The van der Waals surface area contributed by atoms with Gasteiger partial charge in [-0.25, -0.2) is 29.9 Å². The van der Waals surface area contributed by atoms with Gasteiger partial charge in [-0.1, -0.05) is 35.9 Å². The molecule has 0 saturated carbocycles. The van der Waals surface area contributed by atoms with Gasteiger partial charge >= 0.3 is 0 Å². The predicted molar refractivity (Wildman–Crippen MR) is 215 cm³/mol. The summed E-state index contributed by atoms with van der Waals surface area (Å²) < 4.78 is 4.16. The van der Waals surface area contributed by atoms with Crippen molar-refractivity contribution < 1.29 is 0 Å². The summed E-state index contributed by atoms with van der Waals surface area (Å²) >= 11 is 6.23. The van der Waals surface area contributed by atoms with Crippen LogP contribution in [0.5, 0.6) is 0 Å². The zero-order chi connectivity index (χ0) is 36.3. The molecule has 2 fully saturated rings. The van der Waals surface area contributed by atoms with Gasteiger partial charge in [0.1, 0.15) is 11.0 Å². The molecular formula is C41H46ClN11. The lowest BCUT2D eigenvalue weighted by Crippen LogP contribution is -2.26. The van der Waals surface area contributed by atoms with Crippen molar-refractivity contribution in [3.8, 4) is 0 Å². The fourth-order valence-corrected chi connectivity index (χ4v) is 7.79. The third-order valence-electron chi connectivity index (χ3n) is 10.2. The highest BCUT2D eigenvalue weighted by molar-refractivity contribution is 6.33. The number of hydrogen-bond donors (Lipinski definition) is 1. The topological polar surface area (TPSA) is 119 Å². The number of imidazole rings is 2. The Bertz CT molecular complexity index is 2530. The molecule has 2 aliphatic rings. The Labute approximate surface area is 313 Å². The molecule has 272 valence electrons. The summed E-state index contributed by atoms with van der Waals surface area (Å²) in [6.45, 7) is 12.1. The fourth-order valence-electron chi connectivity index (χ4n) is 7.57. The Morgan fingerprint density at radius 3 is 1.64 bits per heavy atom. The standard InChI is InChI=1S/C21H23N5.C14H9ClN4.C6H14N2/c1-15-10-11-18-20(22-15)26-19-9-3-2-7-16(19)24-21(26)17(23-18)8-6-14-25-12-4-5-13-25;1-8-6-7-10-13(16-8)19-11-5-3-2-4-9(11)18-14(19)12(15)17-10;7-3-6-8-4-1-2-5-8/h2-3,7,9-11H,4-6,8,12-14H2,1H3;2-7H,1H3;1-7H2. The minimum absolute atomic E-state index is 0.398. The molecule has 6 aromatic heterocycles. The van der Waals surface area contributed by atoms with Crippen molar-refractivity contribution in [2.75, 3.05) is 45.8 Å². The van der Waals surface area contributed by atoms with Crippen LogP contribution in [-0.4, -0.2) is 94.3 Å². The third kappa shape index (κ3) is 7.39. The summed E-state index contributed by atoms with van der Waals surface area (Å²) in [5, 5.41) is 0.398. The summed E-state index contributed by atoms with van der Waals surface area (Å²) in [6, 6.07) is 24.2. The number of fused-ring (bicyclic) bond motifs is 10. The third-order valence-corrected chi connectivity index (χ3v) is 10.4. The normalized spacial score (nSPS) is 15.2. The number of hydrogen-bond acceptors (Lipinski definition) is 9. The van der Waals surface area contributed by atoms with Crippen LogP contribution in [0.3, 0.4) is 0 Å². The van der Waals surface area contributed by atoms with Gasteiger partial charge in [-0.15, -0.1) is 0 Å². The number of benzene rings is 2. The molecule has 0 bridgehead atoms. The van der Waals surface area contributed by atoms with Gasteiger partial charge in [0.05, 0.1) is 27.8 Å². The minimum Gasteiger partial charge on any atom is -0.329 e. The first-order chi connectivity index (χ1) is 26.0. The van der Waals surface area contributed by atoms with E-state index in [0.29, 0.717) is 10.8 Å². The van der Waals surface area contributed by atoms with Crippen molar-refractivity contribution in [2.24, 2.45) is 5.73 Å². The second kappa shape index (κ2) is 15.7. The molecule has 8 aromatic rings. The number of nitrogens with zero attached hydrogens (tertiary/aromatic N) is 10. The summed E-state index contributed by atoms with van der Waals surface area (Å²) in [6.07, 6.45) is 7.51. The highest BCUT2D eigenvalue weighted by atomic mass is 35.5. The van der Waals surface area contributed by atoms with E-state index in [1.165, 1.54) is 51.9 Å². The number of aryl methyl sites for hydroxylation is 3. The molecule has 2 N–H and O–H groups in total. The molecule has 11 nitrogen and oxygen atoms in total. The summed E-state index contributed by atoms with van der Waals surface area (Å²) in [5.41, 5.74) is 17.4. The lowest BCUT2D eigenvalue weighted by Gasteiger charge is -2.14. The van der Waals surface area contributed by atoms with Crippen LogP contribution in [0.2, 0.25) is 5.15 Å². The van der Waals surface area contributed by atoms with Crippen LogP contribution in [0, 0.1) is 13.8 Å². The first kappa shape index (κ1) is 35.2. The van der Waals surface area contributed by atoms with E-state index in [2.05, 4.69) is 53.4 Å². The van der Waals surface area contributed by atoms with E-state index in [1.54, 1.807) is 0 Å². The molecule has 2 aromatic carbocycles. The van der Waals surface area contributed by atoms with Gasteiger partial charge in [0, 0.05) is 24.5 Å². The number of rotatable bonds is 6. The van der Waals surface area contributed by atoms with E-state index < -0.39 is 0 Å². The van der Waals surface area contributed by atoms with E-state index in [0.717, 1.165) is 99.6 Å². The average Bonchev–Trinajstić information content (AvgIpc) is 4.00. The Morgan fingerprint density at radius 1 is 0.547 bits per heavy atom. The van der Waals surface area contributed by atoms with Crippen molar-refractivity contribution in [3.05, 3.63) is 95.0 Å². The molecular weight excluding hydrogens is 682 g/mol. The van der Waals surface area contributed by atoms with Crippen LogP contribution in [0.15, 0.2) is 72.8 Å². The molecule has 0 radical (unpaired) electrons. The summed E-state index contributed by atoms with van der Waals surface area (Å²) in [4.78, 5) is 33.0. The maximum atomic E-state index is 6.23. The fraction of sp³-hybridized carbons (Fsp3) is 0.366. The van der Waals surface area contributed by atoms with Crippen molar-refractivity contribution in [3.63, 3.8) is 0 Å². The smallest absolute Gasteiger partial charge is 0.177 e. The molecule has 0 spiro atoms. The van der Waals surface area contributed by atoms with Gasteiger partial charge in [0.15, 0.2) is 27.7 Å². The van der Waals surface area contributed by atoms with Crippen LogP contribution in [0.25, 0.3) is 55.7 Å². The lowest BCUT2D eigenvalue weighted by atomic mass is 10.2. The van der Waals surface area contributed by atoms with Crippen LogP contribution >= 0.6 is 11.6 Å². The largest absolute Gasteiger partial charge is 0.329 e. The van der Waals surface area contributed by atoms with E-state index in [9.17, 15) is 0 Å². The van der Waals surface area contributed by atoms with E-state index in [-0.39, 0.29) is 0 Å². The van der Waals surface area contributed by atoms with E-state index in [1.807, 2.05) is 66.8 Å². The Hall–Kier alpha value is -4.81. The van der Waals surface area contributed by atoms with Crippen LogP contribution in [0.1, 0.15) is 49.2 Å². The number of pyridine rings is 2. The van der Waals surface area contributed by atoms with Crippen molar-refractivity contribution in [1.82, 2.24) is 48.5 Å². The molecule has 2 aliphatic heterocycles. The van der Waals surface area contributed by atoms with Crippen LogP contribution in [0.4, 0.5) is 0 Å². The maximum absolute atomic E-state index is 6.23. The van der Waals surface area contributed by atoms with Crippen molar-refractivity contribution in [2.45, 2.75) is 52.4 Å². The second-order valence-corrected chi connectivity index (χ2v) is 14.4. The molecule has 0 aliphatic carbocycles. The predicted octanol–water partition coefficient (Wildman–Crippen LogP) is 7.20. The molecule has 0 unspecified atom stereocenters. The van der Waals surface area contributed by atoms with Gasteiger partial charge in [-0.05, 0) is 134 Å². The Kier molecular flexibility index (Phi) is 10.4. The SMILES string of the molecule is Cc1ccc2nc(CCCN3CCCC3)c3nc4ccccc4n3c2n1.Cc1ccc2nc(Cl)c3nc4ccccc4n3c2n1.NCCN1CCCC1. The molecule has 53 heavy (non-hydrogen) atoms. The zero-order valence-corrected chi connectivity index (χ0v) is 31.3. The van der Waals surface area contributed by atoms with E-state index >= 15 is 0 Å². The van der Waals surface area contributed by atoms with Crippen LogP contribution in [-0.2, 0) is 6.42 Å². The molecule has 8 heterocycles. The van der Waals surface area contributed by atoms with Gasteiger partial charge in [0.2, 0.25) is 0 Å². The zero-order valence-electron chi connectivity index (χ0n) is 30.5. The van der Waals surface area contributed by atoms with Crippen molar-refractivity contribution in [1.29, 1.82) is 0 Å². The number of aromatic nitrogens is 8. The minimum atomic E-state index is 0.398. The highest BCUT2D eigenvalue weighted by Crippen LogP contribution is 2.26. The first-order valence-electron chi connectivity index (χ1n) is 18.8. The van der Waals surface area contributed by atoms with Gasteiger partial charge in [0.25, 0.3) is 0 Å². The number of halogens is 1. The monoisotopic (exact) mass is 727 g/mol. The summed E-state index contributed by atoms with van der Waals surface area (Å²) in [5.74, 6) is 0. The van der Waals surface area contributed by atoms with Gasteiger partial charge in [-0.3, -0.25) is 8.80 Å². The second-order valence-electron chi connectivity index (χ2n) is 14.1. The number of likely N-dealkylation sites (tertiary alicyclic amines) is 2. The Morgan fingerprint density at radius 2 is 1.06 bits per heavy atom. The first-order valence-corrected chi connectivity index (χ1v) is 19.2. The average molecular weight is 728 g/mol. The quantitative estimate of drug-likeness (QED) is 0.190. The lowest BCUT2D eigenvalue weighted by molar-refractivity contribution is 0.333. The molecule has 2 saturated heterocycles. The van der Waals surface area contributed by atoms with Gasteiger partial charge in [-0.2, -0.15) is 0 Å². The molecule has 0 atom stereocenters. The maximum Gasteiger partial charge on any atom is 0.177 e. The van der Waals surface area contributed by atoms with Crippen LogP contribution < -0.4 is 5.73 Å². The summed E-state index contributed by atoms with van der Waals surface area (Å²) in [7, 11) is 0. The molecule has 0 amide bonds. The van der Waals surface area contributed by atoms with E-state index in [4.69, 9.17) is 32.3 Å². The van der Waals surface area contributed by atoms with Gasteiger partial charge < -0.3 is 15.5 Å². The molecule has 10 rings (SSSR count). The highest BCUT2D eigenvalue weighted by Gasteiger charge is 2.17. The number of nitrogens with two attached hydrogens (primary N) is 1. The molecule has 12 heteroatoms. The number of para-hydroxylation sites is 4. The Balaban J connectivity index is 0.000000129.